The number of halogens is 2. The van der Waals surface area contributed by atoms with Crippen LogP contribution < -0.4 is 5.32 Å². The van der Waals surface area contributed by atoms with Crippen molar-refractivity contribution in [3.63, 3.8) is 0 Å². The molecule has 0 unspecified atom stereocenters. The van der Waals surface area contributed by atoms with Gasteiger partial charge >= 0.3 is 5.97 Å². The van der Waals surface area contributed by atoms with E-state index in [-0.39, 0.29) is 40.5 Å². The van der Waals surface area contributed by atoms with Gasteiger partial charge in [0.2, 0.25) is 0 Å². The van der Waals surface area contributed by atoms with Crippen LogP contribution in [-0.2, 0) is 24.2 Å². The van der Waals surface area contributed by atoms with Crippen LogP contribution >= 0.6 is 23.2 Å². The van der Waals surface area contributed by atoms with Crippen LogP contribution in [0.4, 0.5) is 0 Å². The first-order valence-corrected chi connectivity index (χ1v) is 13.1. The standard InChI is InChI=1S/C27H25Cl2N5O5/c1-14(2)34-13-18(31-32-34)11-21(27(37)38)30-25(35)23-20(28)9-17-12-33(7-5-19(17)24(23)29)26(36)16-4-3-15-6-8-39-22(15)10-16/h3-4,6,8-10,13-14,21H,5,7,11-12H2,1-2H3,(H,30,35)(H,37,38)/t21-/m0/s1. The van der Waals surface area contributed by atoms with E-state index >= 15 is 0 Å². The molecule has 10 nitrogen and oxygen atoms in total. The number of furan rings is 1. The van der Waals surface area contributed by atoms with Crippen LogP contribution in [0.2, 0.25) is 10.0 Å². The maximum absolute atomic E-state index is 13.2. The zero-order valence-electron chi connectivity index (χ0n) is 21.1. The van der Waals surface area contributed by atoms with E-state index < -0.39 is 17.9 Å². The van der Waals surface area contributed by atoms with E-state index in [9.17, 15) is 19.5 Å². The van der Waals surface area contributed by atoms with Gasteiger partial charge in [0.1, 0.15) is 11.6 Å². The van der Waals surface area contributed by atoms with Crippen molar-refractivity contribution in [2.45, 2.75) is 45.3 Å². The molecule has 2 N–H and O–H groups in total. The second-order valence-electron chi connectivity index (χ2n) is 9.69. The summed E-state index contributed by atoms with van der Waals surface area (Å²) in [6.45, 7) is 4.48. The van der Waals surface area contributed by atoms with Crippen molar-refractivity contribution < 1.29 is 23.9 Å². The second kappa shape index (κ2) is 10.7. The molecule has 12 heteroatoms. The summed E-state index contributed by atoms with van der Waals surface area (Å²) in [6.07, 6.45) is 3.56. The number of aliphatic carboxylic acids is 1. The number of nitrogens with zero attached hydrogens (tertiary/aromatic N) is 4. The van der Waals surface area contributed by atoms with Crippen molar-refractivity contribution >= 4 is 52.0 Å². The van der Waals surface area contributed by atoms with Gasteiger partial charge < -0.3 is 19.7 Å². The Morgan fingerprint density at radius 2 is 1.97 bits per heavy atom. The number of benzene rings is 2. The summed E-state index contributed by atoms with van der Waals surface area (Å²) in [5, 5.41) is 21.3. The highest BCUT2D eigenvalue weighted by Gasteiger charge is 2.30. The molecule has 3 heterocycles. The molecule has 1 aliphatic rings. The molecular weight excluding hydrogens is 545 g/mol. The number of rotatable bonds is 7. The Labute approximate surface area is 233 Å². The Bertz CT molecular complexity index is 1590. The number of hydrogen-bond donors (Lipinski definition) is 2. The number of fused-ring (bicyclic) bond motifs is 2. The number of carboxylic acid groups (broad SMARTS) is 1. The zero-order chi connectivity index (χ0) is 27.8. The smallest absolute Gasteiger partial charge is 0.326 e. The molecule has 39 heavy (non-hydrogen) atoms. The minimum Gasteiger partial charge on any atom is -0.480 e. The first kappa shape index (κ1) is 26.7. The molecule has 0 spiro atoms. The van der Waals surface area contributed by atoms with Crippen molar-refractivity contribution in [3.05, 3.63) is 80.8 Å². The van der Waals surface area contributed by atoms with Gasteiger partial charge in [-0.2, -0.15) is 0 Å². The van der Waals surface area contributed by atoms with E-state index in [1.165, 1.54) is 0 Å². The van der Waals surface area contributed by atoms with Crippen molar-refractivity contribution in [1.82, 2.24) is 25.2 Å². The maximum Gasteiger partial charge on any atom is 0.326 e. The molecule has 5 rings (SSSR count). The van der Waals surface area contributed by atoms with Crippen LogP contribution in [0, 0.1) is 0 Å². The second-order valence-corrected chi connectivity index (χ2v) is 10.5. The highest BCUT2D eigenvalue weighted by molar-refractivity contribution is 6.40. The summed E-state index contributed by atoms with van der Waals surface area (Å²) >= 11 is 13.1. The topological polar surface area (TPSA) is 131 Å². The molecule has 2 amide bonds. The Hall–Kier alpha value is -3.89. The van der Waals surface area contributed by atoms with E-state index in [0.29, 0.717) is 35.4 Å². The summed E-state index contributed by atoms with van der Waals surface area (Å²) in [5.41, 5.74) is 2.97. The van der Waals surface area contributed by atoms with Crippen LogP contribution in [0.1, 0.15) is 57.4 Å². The summed E-state index contributed by atoms with van der Waals surface area (Å²) in [5.74, 6) is -2.09. The highest BCUT2D eigenvalue weighted by Crippen LogP contribution is 2.35. The van der Waals surface area contributed by atoms with E-state index in [1.807, 2.05) is 26.0 Å². The van der Waals surface area contributed by atoms with E-state index in [0.717, 1.165) is 10.9 Å². The number of carbonyl (C=O) groups excluding carboxylic acids is 2. The highest BCUT2D eigenvalue weighted by atomic mass is 35.5. The third kappa shape index (κ3) is 5.35. The summed E-state index contributed by atoms with van der Waals surface area (Å²) in [7, 11) is 0. The number of nitrogens with one attached hydrogen (secondary N) is 1. The van der Waals surface area contributed by atoms with Crippen molar-refractivity contribution in [3.8, 4) is 0 Å². The van der Waals surface area contributed by atoms with Crippen LogP contribution in [0.25, 0.3) is 11.0 Å². The monoisotopic (exact) mass is 569 g/mol. The average molecular weight is 570 g/mol. The van der Waals surface area contributed by atoms with Gasteiger partial charge in [-0.25, -0.2) is 9.48 Å². The fraction of sp³-hybridized carbons (Fsp3) is 0.296. The lowest BCUT2D eigenvalue weighted by Gasteiger charge is -2.30. The molecule has 0 saturated heterocycles. The first-order valence-electron chi connectivity index (χ1n) is 12.3. The first-order chi connectivity index (χ1) is 18.6. The third-order valence-corrected chi connectivity index (χ3v) is 7.44. The molecule has 1 aliphatic heterocycles. The lowest BCUT2D eigenvalue weighted by atomic mass is 9.95. The van der Waals surface area contributed by atoms with Crippen molar-refractivity contribution in [2.75, 3.05) is 6.54 Å². The predicted molar refractivity (Wildman–Crippen MR) is 144 cm³/mol. The largest absolute Gasteiger partial charge is 0.480 e. The minimum atomic E-state index is -1.27. The number of hydrogen-bond acceptors (Lipinski definition) is 6. The third-order valence-electron chi connectivity index (χ3n) is 6.73. The van der Waals surface area contributed by atoms with E-state index in [4.69, 9.17) is 27.6 Å². The quantitative estimate of drug-likeness (QED) is 0.334. The van der Waals surface area contributed by atoms with Gasteiger partial charge in [0.25, 0.3) is 11.8 Å². The van der Waals surface area contributed by atoms with Crippen molar-refractivity contribution in [1.29, 1.82) is 0 Å². The SMILES string of the molecule is CC(C)n1cc(C[C@H](NC(=O)c2c(Cl)cc3c(c2Cl)CCN(C(=O)c2ccc4ccoc4c2)C3)C(=O)O)nn1. The van der Waals surface area contributed by atoms with Gasteiger partial charge in [-0.15, -0.1) is 5.10 Å². The normalized spacial score (nSPS) is 13.9. The molecule has 0 fully saturated rings. The molecule has 1 atom stereocenters. The molecule has 2 aromatic carbocycles. The lowest BCUT2D eigenvalue weighted by molar-refractivity contribution is -0.139. The van der Waals surface area contributed by atoms with Gasteiger partial charge in [0.05, 0.1) is 27.6 Å². The summed E-state index contributed by atoms with van der Waals surface area (Å²) in [4.78, 5) is 39.9. The fourth-order valence-electron chi connectivity index (χ4n) is 4.60. The molecule has 0 bridgehead atoms. The van der Waals surface area contributed by atoms with Crippen LogP contribution in [0.15, 0.2) is 47.2 Å². The van der Waals surface area contributed by atoms with E-state index in [1.54, 1.807) is 40.2 Å². The average Bonchev–Trinajstić information content (AvgIpc) is 3.56. The van der Waals surface area contributed by atoms with Gasteiger partial charge in [0.15, 0.2) is 0 Å². The van der Waals surface area contributed by atoms with Gasteiger partial charge in [-0.1, -0.05) is 34.5 Å². The lowest BCUT2D eigenvalue weighted by Crippen LogP contribution is -2.43. The fourth-order valence-corrected chi connectivity index (χ4v) is 5.37. The molecule has 4 aromatic rings. The van der Waals surface area contributed by atoms with Gasteiger partial charge in [-0.05, 0) is 55.7 Å². The molecule has 0 saturated carbocycles. The Morgan fingerprint density at radius 1 is 1.18 bits per heavy atom. The van der Waals surface area contributed by atoms with Crippen LogP contribution in [0.5, 0.6) is 0 Å². The predicted octanol–water partition coefficient (Wildman–Crippen LogP) is 4.54. The zero-order valence-corrected chi connectivity index (χ0v) is 22.7. The number of carboxylic acids is 1. The minimum absolute atomic E-state index is 0.00258. The van der Waals surface area contributed by atoms with E-state index in [2.05, 4.69) is 15.6 Å². The molecular formula is C27H25Cl2N5O5. The molecule has 0 aliphatic carbocycles. The molecule has 2 aromatic heterocycles. The molecule has 202 valence electrons. The number of amides is 2. The Kier molecular flexibility index (Phi) is 7.33. The Balaban J connectivity index is 1.33. The summed E-state index contributed by atoms with van der Waals surface area (Å²) < 4.78 is 7.03. The van der Waals surface area contributed by atoms with Gasteiger partial charge in [-0.3, -0.25) is 9.59 Å². The van der Waals surface area contributed by atoms with Crippen molar-refractivity contribution in [2.24, 2.45) is 0 Å². The number of carbonyl (C=O) groups is 3. The van der Waals surface area contributed by atoms with Crippen LogP contribution in [0.3, 0.4) is 0 Å². The molecule has 0 radical (unpaired) electrons. The van der Waals surface area contributed by atoms with Gasteiger partial charge in [0, 0.05) is 42.7 Å². The summed E-state index contributed by atoms with van der Waals surface area (Å²) in [6, 6.07) is 7.53. The Morgan fingerprint density at radius 3 is 2.69 bits per heavy atom. The van der Waals surface area contributed by atoms with Crippen LogP contribution in [-0.4, -0.2) is 55.4 Å². The maximum atomic E-state index is 13.2. The number of aromatic nitrogens is 3.